The lowest BCUT2D eigenvalue weighted by Crippen LogP contribution is -2.51. The maximum absolute atomic E-state index is 14.6. The summed E-state index contributed by atoms with van der Waals surface area (Å²) in [7, 11) is 0. The van der Waals surface area contributed by atoms with Gasteiger partial charge in [-0.15, -0.1) is 5.10 Å². The third kappa shape index (κ3) is 3.31. The molecule has 0 bridgehead atoms. The van der Waals surface area contributed by atoms with Crippen molar-refractivity contribution >= 4 is 28.7 Å². The Hall–Kier alpha value is -3.39. The highest BCUT2D eigenvalue weighted by molar-refractivity contribution is 5.79. The Morgan fingerprint density at radius 2 is 2.17 bits per heavy atom. The van der Waals surface area contributed by atoms with Crippen LogP contribution in [0.5, 0.6) is 0 Å². The summed E-state index contributed by atoms with van der Waals surface area (Å²) in [6.45, 7) is 2.05. The molecule has 7 nitrogen and oxygen atoms in total. The van der Waals surface area contributed by atoms with Gasteiger partial charge in [-0.05, 0) is 29.8 Å². The molecule has 1 unspecified atom stereocenters. The average Bonchev–Trinajstić information content (AvgIpc) is 3.16. The van der Waals surface area contributed by atoms with Crippen molar-refractivity contribution in [2.45, 2.75) is 12.5 Å². The average molecular weight is 390 g/mol. The van der Waals surface area contributed by atoms with E-state index in [1.54, 1.807) is 16.9 Å². The molecule has 146 valence electrons. The first-order valence-corrected chi connectivity index (χ1v) is 9.52. The second-order valence-corrected chi connectivity index (χ2v) is 7.17. The van der Waals surface area contributed by atoms with E-state index < -0.39 is 0 Å². The Kier molecular flexibility index (Phi) is 4.40. The minimum Gasteiger partial charge on any atom is -0.352 e. The van der Waals surface area contributed by atoms with E-state index >= 15 is 0 Å². The predicted octanol–water partition coefficient (Wildman–Crippen LogP) is 1.98. The number of halogens is 1. The lowest BCUT2D eigenvalue weighted by atomic mass is 10.1. The van der Waals surface area contributed by atoms with Crippen molar-refractivity contribution in [1.82, 2.24) is 24.9 Å². The summed E-state index contributed by atoms with van der Waals surface area (Å²) in [4.78, 5) is 21.8. The number of aromatic nitrogens is 4. The molecule has 1 N–H and O–H groups in total. The topological polar surface area (TPSA) is 75.4 Å². The van der Waals surface area contributed by atoms with Gasteiger partial charge in [0.25, 0.3) is 0 Å². The molecule has 0 aliphatic carbocycles. The van der Waals surface area contributed by atoms with E-state index in [1.165, 1.54) is 6.07 Å². The van der Waals surface area contributed by atoms with Gasteiger partial charge in [-0.25, -0.2) is 13.9 Å². The molecule has 0 saturated carbocycles. The number of anilines is 1. The Morgan fingerprint density at radius 3 is 3.07 bits per heavy atom. The number of pyridine rings is 1. The molecule has 1 saturated heterocycles. The summed E-state index contributed by atoms with van der Waals surface area (Å²) in [5, 5.41) is 8.77. The molecule has 0 radical (unpaired) electrons. The molecule has 1 aliphatic heterocycles. The summed E-state index contributed by atoms with van der Waals surface area (Å²) < 4.78 is 16.4. The molecular formula is C21H19FN6O. The molecule has 4 aromatic rings. The smallest absolute Gasteiger partial charge is 0.153 e. The maximum atomic E-state index is 14.6. The van der Waals surface area contributed by atoms with Crippen molar-refractivity contribution < 1.29 is 9.18 Å². The van der Waals surface area contributed by atoms with E-state index in [4.69, 9.17) is 5.10 Å². The number of carbonyl (C=O) groups is 1. The zero-order valence-corrected chi connectivity index (χ0v) is 15.6. The fourth-order valence-corrected chi connectivity index (χ4v) is 3.75. The second-order valence-electron chi connectivity index (χ2n) is 7.17. The van der Waals surface area contributed by atoms with Gasteiger partial charge >= 0.3 is 0 Å². The highest BCUT2D eigenvalue weighted by Crippen LogP contribution is 2.21. The lowest BCUT2D eigenvalue weighted by Gasteiger charge is -2.31. The minimum atomic E-state index is -0.293. The van der Waals surface area contributed by atoms with E-state index in [2.05, 4.69) is 20.2 Å². The van der Waals surface area contributed by atoms with Gasteiger partial charge < -0.3 is 15.0 Å². The molecule has 0 amide bonds. The first kappa shape index (κ1) is 17.7. The van der Waals surface area contributed by atoms with Crippen LogP contribution >= 0.6 is 0 Å². The van der Waals surface area contributed by atoms with Crippen LogP contribution in [0.25, 0.3) is 16.6 Å². The molecular weight excluding hydrogens is 371 g/mol. The quantitative estimate of drug-likeness (QED) is 0.537. The summed E-state index contributed by atoms with van der Waals surface area (Å²) in [5.41, 5.74) is 2.71. The Balaban J connectivity index is 1.49. The largest absolute Gasteiger partial charge is 0.352 e. The van der Waals surface area contributed by atoms with Crippen molar-refractivity contribution in [3.63, 3.8) is 0 Å². The van der Waals surface area contributed by atoms with Gasteiger partial charge in [0, 0.05) is 43.7 Å². The molecule has 3 aromatic heterocycles. The van der Waals surface area contributed by atoms with Crippen LogP contribution in [0.4, 0.5) is 10.2 Å². The number of benzene rings is 1. The van der Waals surface area contributed by atoms with Crippen molar-refractivity contribution in [2.24, 2.45) is 0 Å². The van der Waals surface area contributed by atoms with Gasteiger partial charge in [0.15, 0.2) is 5.65 Å². The maximum Gasteiger partial charge on any atom is 0.153 e. The number of aldehydes is 1. The number of imidazole rings is 1. The van der Waals surface area contributed by atoms with Crippen LogP contribution in [-0.2, 0) is 11.2 Å². The van der Waals surface area contributed by atoms with Crippen molar-refractivity contribution in [3.8, 4) is 0 Å². The molecule has 1 aromatic carbocycles. The number of nitrogens with zero attached hydrogens (tertiary/aromatic N) is 5. The molecule has 29 heavy (non-hydrogen) atoms. The van der Waals surface area contributed by atoms with E-state index in [-0.39, 0.29) is 11.9 Å². The fraction of sp³-hybridized carbons (Fsp3) is 0.238. The summed E-state index contributed by atoms with van der Waals surface area (Å²) in [6.07, 6.45) is 4.67. The molecule has 4 heterocycles. The van der Waals surface area contributed by atoms with Crippen molar-refractivity contribution in [1.29, 1.82) is 0 Å². The Labute approximate surface area is 166 Å². The number of fused-ring (bicyclic) bond motifs is 2. The zero-order chi connectivity index (χ0) is 19.8. The van der Waals surface area contributed by atoms with Gasteiger partial charge in [0.1, 0.15) is 17.9 Å². The van der Waals surface area contributed by atoms with E-state index in [1.807, 2.05) is 30.3 Å². The van der Waals surface area contributed by atoms with Gasteiger partial charge in [-0.3, -0.25) is 4.98 Å². The molecule has 8 heteroatoms. The minimum absolute atomic E-state index is 0.205. The van der Waals surface area contributed by atoms with Crippen molar-refractivity contribution in [2.75, 3.05) is 24.5 Å². The van der Waals surface area contributed by atoms with Crippen molar-refractivity contribution in [3.05, 3.63) is 65.9 Å². The molecule has 0 spiro atoms. The number of piperazine rings is 1. The molecule has 1 aliphatic rings. The zero-order valence-electron chi connectivity index (χ0n) is 15.6. The van der Waals surface area contributed by atoms with Crippen LogP contribution in [0.2, 0.25) is 0 Å². The molecule has 1 fully saturated rings. The van der Waals surface area contributed by atoms with Gasteiger partial charge in [-0.1, -0.05) is 6.07 Å². The Bertz CT molecular complexity index is 1210. The van der Waals surface area contributed by atoms with Crippen LogP contribution in [0, 0.1) is 5.82 Å². The summed E-state index contributed by atoms with van der Waals surface area (Å²) in [6, 6.07) is 10.6. The van der Waals surface area contributed by atoms with Gasteiger partial charge in [0.05, 0.1) is 23.4 Å². The van der Waals surface area contributed by atoms with E-state index in [0.717, 1.165) is 36.3 Å². The number of carbonyl (C=O) groups excluding carboxylic acids is 1. The van der Waals surface area contributed by atoms with E-state index in [9.17, 15) is 9.18 Å². The lowest BCUT2D eigenvalue weighted by molar-refractivity contribution is -0.109. The highest BCUT2D eigenvalue weighted by atomic mass is 19.1. The predicted molar refractivity (Wildman–Crippen MR) is 108 cm³/mol. The van der Waals surface area contributed by atoms with Crippen LogP contribution in [-0.4, -0.2) is 51.5 Å². The standard InChI is InChI=1S/C21H19FN6O/c22-18-10-19-14(2-1-5-24-19)8-15(18)9-17-11-25-20-3-4-21(26-28(17)20)27-7-6-23-16(12-27)13-29/h1-5,8,10-11,13,16,23H,6-7,9,12H2. The molecule has 5 rings (SSSR count). The monoisotopic (exact) mass is 390 g/mol. The van der Waals surface area contributed by atoms with Crippen LogP contribution in [0.3, 0.4) is 0 Å². The highest BCUT2D eigenvalue weighted by Gasteiger charge is 2.20. The number of hydrogen-bond donors (Lipinski definition) is 1. The third-order valence-electron chi connectivity index (χ3n) is 5.26. The summed E-state index contributed by atoms with van der Waals surface area (Å²) in [5.74, 6) is 0.478. The van der Waals surface area contributed by atoms with Crippen LogP contribution < -0.4 is 10.2 Å². The number of hydrogen-bond acceptors (Lipinski definition) is 6. The first-order chi connectivity index (χ1) is 14.2. The normalized spacial score (nSPS) is 17.1. The number of rotatable bonds is 4. The first-order valence-electron chi connectivity index (χ1n) is 9.52. The third-order valence-corrected chi connectivity index (χ3v) is 5.26. The van der Waals surface area contributed by atoms with Crippen LogP contribution in [0.15, 0.2) is 48.8 Å². The Morgan fingerprint density at radius 1 is 1.24 bits per heavy atom. The van der Waals surface area contributed by atoms with Crippen LogP contribution in [0.1, 0.15) is 11.3 Å². The fourth-order valence-electron chi connectivity index (χ4n) is 3.75. The number of nitrogens with one attached hydrogen (secondary N) is 1. The van der Waals surface area contributed by atoms with Gasteiger partial charge in [-0.2, -0.15) is 0 Å². The molecule has 1 atom stereocenters. The second kappa shape index (κ2) is 7.21. The SMILES string of the molecule is O=CC1CN(c2ccc3ncc(Cc4cc5cccnc5cc4F)n3n2)CCN1. The van der Waals surface area contributed by atoms with E-state index in [0.29, 0.717) is 29.7 Å². The van der Waals surface area contributed by atoms with Gasteiger partial charge in [0.2, 0.25) is 0 Å². The summed E-state index contributed by atoms with van der Waals surface area (Å²) >= 11 is 0.